The fraction of sp³-hybridized carbons (Fsp3) is 0.148. The molecule has 5 nitrogen and oxygen atoms in total. The smallest absolute Gasteiger partial charge is 0.314 e. The molecule has 3 aromatic carbocycles. The van der Waals surface area contributed by atoms with Gasteiger partial charge in [-0.05, 0) is 30.7 Å². The molecular formula is C27H21F3N4OS2. The molecule has 0 unspecified atom stereocenters. The molecule has 37 heavy (non-hydrogen) atoms. The van der Waals surface area contributed by atoms with Crippen molar-refractivity contribution in [3.05, 3.63) is 95.4 Å². The van der Waals surface area contributed by atoms with Gasteiger partial charge in [-0.1, -0.05) is 72.4 Å². The summed E-state index contributed by atoms with van der Waals surface area (Å²) < 4.78 is 41.8. The van der Waals surface area contributed by atoms with E-state index in [-0.39, 0.29) is 11.4 Å². The molecule has 0 aliphatic heterocycles. The Balaban J connectivity index is 1.39. The molecule has 1 amide bonds. The first-order chi connectivity index (χ1) is 17.8. The lowest BCUT2D eigenvalue weighted by Gasteiger charge is -2.13. The Hall–Kier alpha value is -3.63. The number of benzene rings is 3. The van der Waals surface area contributed by atoms with Gasteiger partial charge in [0.05, 0.1) is 34.1 Å². The molecule has 0 saturated heterocycles. The van der Waals surface area contributed by atoms with Crippen molar-refractivity contribution < 1.29 is 18.0 Å². The summed E-state index contributed by atoms with van der Waals surface area (Å²) in [6.45, 7) is 2.14. The maximum Gasteiger partial charge on any atom is 0.416 e. The van der Waals surface area contributed by atoms with Crippen molar-refractivity contribution in [2.24, 2.45) is 0 Å². The number of thiazole rings is 1. The van der Waals surface area contributed by atoms with Crippen molar-refractivity contribution >= 4 is 45.2 Å². The quantitative estimate of drug-likeness (QED) is 0.220. The zero-order valence-electron chi connectivity index (χ0n) is 19.6. The zero-order chi connectivity index (χ0) is 26.0. The number of alkyl halides is 3. The third-order valence-electron chi connectivity index (χ3n) is 5.68. The van der Waals surface area contributed by atoms with Crippen LogP contribution in [0.1, 0.15) is 18.1 Å². The van der Waals surface area contributed by atoms with E-state index >= 15 is 0 Å². The van der Waals surface area contributed by atoms with Crippen LogP contribution in [0.2, 0.25) is 0 Å². The first-order valence-corrected chi connectivity index (χ1v) is 13.1. The normalized spacial score (nSPS) is 12.5. The molecule has 1 N–H and O–H groups in total. The Morgan fingerprint density at radius 3 is 2.43 bits per heavy atom. The van der Waals surface area contributed by atoms with Crippen LogP contribution in [-0.2, 0) is 17.5 Å². The largest absolute Gasteiger partial charge is 0.416 e. The molecule has 188 valence electrons. The van der Waals surface area contributed by atoms with Gasteiger partial charge in [0.2, 0.25) is 5.91 Å². The predicted molar refractivity (Wildman–Crippen MR) is 142 cm³/mol. The lowest BCUT2D eigenvalue weighted by Crippen LogP contribution is -2.22. The molecular weight excluding hydrogens is 517 g/mol. The third kappa shape index (κ3) is 5.70. The summed E-state index contributed by atoms with van der Waals surface area (Å²) in [5.41, 5.74) is 2.73. The molecule has 5 aromatic rings. The number of imidazole rings is 1. The van der Waals surface area contributed by atoms with Crippen LogP contribution in [-0.4, -0.2) is 25.7 Å². The fourth-order valence-electron chi connectivity index (χ4n) is 3.78. The SMILES string of the molecule is C[C@H](Sc1nc2cc(C(F)(F)F)ccc2n1Cc1ccccc1)C(=O)Nc1nc(-c2ccccc2)cs1. The Bertz CT molecular complexity index is 1530. The van der Waals surface area contributed by atoms with E-state index in [1.165, 1.54) is 29.2 Å². The second-order valence-electron chi connectivity index (χ2n) is 8.32. The predicted octanol–water partition coefficient (Wildman–Crippen LogP) is 7.35. The lowest BCUT2D eigenvalue weighted by atomic mass is 10.2. The Kier molecular flexibility index (Phi) is 7.03. The number of anilines is 1. The first kappa shape index (κ1) is 25.0. The average molecular weight is 539 g/mol. The van der Waals surface area contributed by atoms with Crippen LogP contribution >= 0.6 is 23.1 Å². The van der Waals surface area contributed by atoms with Gasteiger partial charge in [-0.15, -0.1) is 11.3 Å². The standard InChI is InChI=1S/C27H21F3N4OS2/c1-17(24(35)33-25-31-22(16-36-25)19-10-6-3-7-11-19)37-26-32-21-14-20(27(28,29)30)12-13-23(21)34(26)15-18-8-4-2-5-9-18/h2-14,16-17H,15H2,1H3,(H,31,33,35)/t17-/m0/s1. The third-order valence-corrected chi connectivity index (χ3v) is 7.53. The number of carbonyl (C=O) groups excluding carboxylic acids is 1. The van der Waals surface area contributed by atoms with Gasteiger partial charge < -0.3 is 9.88 Å². The summed E-state index contributed by atoms with van der Waals surface area (Å²) in [5.74, 6) is -0.270. The van der Waals surface area contributed by atoms with Crippen molar-refractivity contribution in [2.75, 3.05) is 5.32 Å². The Morgan fingerprint density at radius 1 is 1.03 bits per heavy atom. The number of rotatable bonds is 7. The molecule has 1 atom stereocenters. The van der Waals surface area contributed by atoms with Crippen molar-refractivity contribution in [3.8, 4) is 11.3 Å². The van der Waals surface area contributed by atoms with Gasteiger partial charge in [-0.3, -0.25) is 4.79 Å². The highest BCUT2D eigenvalue weighted by Crippen LogP contribution is 2.34. The van der Waals surface area contributed by atoms with E-state index in [1.54, 1.807) is 6.92 Å². The monoisotopic (exact) mass is 538 g/mol. The van der Waals surface area contributed by atoms with E-state index in [9.17, 15) is 18.0 Å². The van der Waals surface area contributed by atoms with Crippen LogP contribution in [0.5, 0.6) is 0 Å². The molecule has 0 spiro atoms. The highest BCUT2D eigenvalue weighted by molar-refractivity contribution is 8.00. The molecule has 0 saturated carbocycles. The van der Waals surface area contributed by atoms with Crippen LogP contribution in [0, 0.1) is 0 Å². The van der Waals surface area contributed by atoms with E-state index in [2.05, 4.69) is 15.3 Å². The number of aromatic nitrogens is 3. The summed E-state index contributed by atoms with van der Waals surface area (Å²) >= 11 is 2.52. The molecule has 2 heterocycles. The number of carbonyl (C=O) groups is 1. The number of nitrogens with zero attached hydrogens (tertiary/aromatic N) is 3. The topological polar surface area (TPSA) is 59.8 Å². The van der Waals surface area contributed by atoms with E-state index < -0.39 is 17.0 Å². The summed E-state index contributed by atoms with van der Waals surface area (Å²) in [5, 5.41) is 5.09. The van der Waals surface area contributed by atoms with Crippen molar-refractivity contribution in [1.29, 1.82) is 0 Å². The lowest BCUT2D eigenvalue weighted by molar-refractivity contribution is -0.137. The maximum absolute atomic E-state index is 13.3. The molecule has 0 radical (unpaired) electrons. The number of amides is 1. The molecule has 0 fully saturated rings. The highest BCUT2D eigenvalue weighted by atomic mass is 32.2. The number of hydrogen-bond acceptors (Lipinski definition) is 5. The minimum atomic E-state index is -4.47. The molecule has 0 bridgehead atoms. The minimum Gasteiger partial charge on any atom is -0.314 e. The summed E-state index contributed by atoms with van der Waals surface area (Å²) in [6, 6.07) is 22.8. The number of fused-ring (bicyclic) bond motifs is 1. The van der Waals surface area contributed by atoms with Gasteiger partial charge in [0.1, 0.15) is 0 Å². The summed E-state index contributed by atoms with van der Waals surface area (Å²) in [4.78, 5) is 22.0. The first-order valence-electron chi connectivity index (χ1n) is 11.4. The van der Waals surface area contributed by atoms with Gasteiger partial charge >= 0.3 is 6.18 Å². The van der Waals surface area contributed by atoms with E-state index in [0.29, 0.717) is 22.3 Å². The number of thioether (sulfide) groups is 1. The van der Waals surface area contributed by atoms with Gasteiger partial charge in [-0.2, -0.15) is 13.2 Å². The highest BCUT2D eigenvalue weighted by Gasteiger charge is 2.31. The Labute approximate surface area is 219 Å². The number of hydrogen-bond donors (Lipinski definition) is 1. The zero-order valence-corrected chi connectivity index (χ0v) is 21.2. The maximum atomic E-state index is 13.3. The van der Waals surface area contributed by atoms with Gasteiger partial charge in [0.25, 0.3) is 0 Å². The van der Waals surface area contributed by atoms with Crippen molar-refractivity contribution in [2.45, 2.75) is 30.1 Å². The number of halogens is 3. The molecule has 5 rings (SSSR count). The van der Waals surface area contributed by atoms with Gasteiger partial charge in [-0.25, -0.2) is 9.97 Å². The summed E-state index contributed by atoms with van der Waals surface area (Å²) in [6.07, 6.45) is -4.47. The van der Waals surface area contributed by atoms with Gasteiger partial charge in [0, 0.05) is 10.9 Å². The minimum absolute atomic E-state index is 0.230. The average Bonchev–Trinajstić information content (AvgIpc) is 3.49. The van der Waals surface area contributed by atoms with Crippen LogP contribution in [0.4, 0.5) is 18.3 Å². The van der Waals surface area contributed by atoms with Crippen LogP contribution < -0.4 is 5.32 Å². The summed E-state index contributed by atoms with van der Waals surface area (Å²) in [7, 11) is 0. The van der Waals surface area contributed by atoms with Crippen LogP contribution in [0.15, 0.2) is 89.4 Å². The van der Waals surface area contributed by atoms with Crippen LogP contribution in [0.3, 0.4) is 0 Å². The molecule has 0 aliphatic carbocycles. The molecule has 10 heteroatoms. The van der Waals surface area contributed by atoms with E-state index in [1.807, 2.05) is 70.6 Å². The fourth-order valence-corrected chi connectivity index (χ4v) is 5.43. The van der Waals surface area contributed by atoms with E-state index in [4.69, 9.17) is 0 Å². The molecule has 2 aromatic heterocycles. The second kappa shape index (κ2) is 10.4. The Morgan fingerprint density at radius 2 is 1.73 bits per heavy atom. The van der Waals surface area contributed by atoms with Gasteiger partial charge in [0.15, 0.2) is 10.3 Å². The van der Waals surface area contributed by atoms with E-state index in [0.717, 1.165) is 29.0 Å². The van der Waals surface area contributed by atoms with Crippen molar-refractivity contribution in [1.82, 2.24) is 14.5 Å². The van der Waals surface area contributed by atoms with Crippen LogP contribution in [0.25, 0.3) is 22.3 Å². The molecule has 0 aliphatic rings. The number of nitrogens with one attached hydrogen (secondary N) is 1. The van der Waals surface area contributed by atoms with Crippen molar-refractivity contribution in [3.63, 3.8) is 0 Å². The second-order valence-corrected chi connectivity index (χ2v) is 10.5.